The van der Waals surface area contributed by atoms with Crippen molar-refractivity contribution in [1.29, 1.82) is 0 Å². The zero-order chi connectivity index (χ0) is 15.1. The number of benzene rings is 1. The maximum absolute atomic E-state index is 11.8. The van der Waals surface area contributed by atoms with Gasteiger partial charge in [-0.25, -0.2) is 4.18 Å². The first kappa shape index (κ1) is 16.0. The normalized spacial score (nSPS) is 16.8. The third-order valence-electron chi connectivity index (χ3n) is 3.12. The van der Waals surface area contributed by atoms with Gasteiger partial charge in [-0.1, -0.05) is 6.07 Å². The van der Waals surface area contributed by atoms with E-state index in [-0.39, 0.29) is 18.2 Å². The first-order chi connectivity index (χ1) is 10.1. The molecule has 2 rings (SSSR count). The highest BCUT2D eigenvalue weighted by atomic mass is 32.2. The van der Waals surface area contributed by atoms with E-state index in [9.17, 15) is 13.5 Å². The van der Waals surface area contributed by atoms with Crippen LogP contribution in [-0.2, 0) is 19.0 Å². The molecule has 118 valence electrons. The molecule has 0 bridgehead atoms. The monoisotopic (exact) mass is 316 g/mol. The van der Waals surface area contributed by atoms with Gasteiger partial charge in [-0.2, -0.15) is 8.42 Å². The third-order valence-corrected chi connectivity index (χ3v) is 4.28. The van der Waals surface area contributed by atoms with Crippen molar-refractivity contribution in [2.75, 3.05) is 50.6 Å². The van der Waals surface area contributed by atoms with Crippen molar-refractivity contribution >= 4 is 15.8 Å². The maximum Gasteiger partial charge on any atom is 0.270 e. The Morgan fingerprint density at radius 1 is 1.33 bits per heavy atom. The summed E-state index contributed by atoms with van der Waals surface area (Å²) in [6.45, 7) is 3.06. The SMILES string of the molecule is O=S(=O)(CCN1CCOCC1)OCNc1cccc(O)c1. The number of hydrogen-bond donors (Lipinski definition) is 2. The number of hydrogen-bond acceptors (Lipinski definition) is 7. The lowest BCUT2D eigenvalue weighted by Crippen LogP contribution is -2.39. The van der Waals surface area contributed by atoms with Crippen LogP contribution in [0.4, 0.5) is 5.69 Å². The second-order valence-corrected chi connectivity index (χ2v) is 6.46. The topological polar surface area (TPSA) is 88.1 Å². The summed E-state index contributed by atoms with van der Waals surface area (Å²) in [4.78, 5) is 2.03. The Labute approximate surface area is 124 Å². The van der Waals surface area contributed by atoms with Crippen molar-refractivity contribution in [2.24, 2.45) is 0 Å². The number of nitrogens with one attached hydrogen (secondary N) is 1. The Morgan fingerprint density at radius 3 is 2.81 bits per heavy atom. The largest absolute Gasteiger partial charge is 0.508 e. The summed E-state index contributed by atoms with van der Waals surface area (Å²) in [5, 5.41) is 12.1. The van der Waals surface area contributed by atoms with Crippen LogP contribution in [0.25, 0.3) is 0 Å². The molecule has 2 N–H and O–H groups in total. The van der Waals surface area contributed by atoms with E-state index in [0.29, 0.717) is 25.4 Å². The van der Waals surface area contributed by atoms with Crippen molar-refractivity contribution in [2.45, 2.75) is 0 Å². The van der Waals surface area contributed by atoms with Crippen LogP contribution in [0.3, 0.4) is 0 Å². The number of aromatic hydroxyl groups is 1. The van der Waals surface area contributed by atoms with Crippen LogP contribution < -0.4 is 5.32 Å². The molecular formula is C13H20N2O5S. The summed E-state index contributed by atoms with van der Waals surface area (Å²) in [6, 6.07) is 6.39. The van der Waals surface area contributed by atoms with Crippen LogP contribution in [0.5, 0.6) is 5.75 Å². The van der Waals surface area contributed by atoms with Crippen molar-refractivity contribution < 1.29 is 22.4 Å². The van der Waals surface area contributed by atoms with Crippen molar-refractivity contribution in [3.8, 4) is 5.75 Å². The fourth-order valence-corrected chi connectivity index (χ4v) is 2.78. The molecule has 1 aromatic rings. The standard InChI is InChI=1S/C13H20N2O5S/c16-13-3-1-2-12(10-13)14-11-20-21(17,18)9-6-15-4-7-19-8-5-15/h1-3,10,14,16H,4-9,11H2. The van der Waals surface area contributed by atoms with Gasteiger partial charge >= 0.3 is 0 Å². The van der Waals surface area contributed by atoms with Crippen LogP contribution in [0.2, 0.25) is 0 Å². The lowest BCUT2D eigenvalue weighted by molar-refractivity contribution is 0.0405. The molecule has 0 saturated carbocycles. The molecule has 1 heterocycles. The molecule has 0 aromatic heterocycles. The molecular weight excluding hydrogens is 296 g/mol. The molecule has 1 aliphatic rings. The van der Waals surface area contributed by atoms with Crippen LogP contribution >= 0.6 is 0 Å². The van der Waals surface area contributed by atoms with E-state index < -0.39 is 10.1 Å². The van der Waals surface area contributed by atoms with Gasteiger partial charge in [-0.15, -0.1) is 0 Å². The van der Waals surface area contributed by atoms with Gasteiger partial charge in [-0.05, 0) is 12.1 Å². The number of phenolic OH excluding ortho intramolecular Hbond substituents is 1. The van der Waals surface area contributed by atoms with E-state index >= 15 is 0 Å². The predicted molar refractivity (Wildman–Crippen MR) is 78.7 cm³/mol. The maximum atomic E-state index is 11.8. The number of ether oxygens (including phenoxy) is 1. The van der Waals surface area contributed by atoms with Gasteiger partial charge in [-0.3, -0.25) is 4.90 Å². The molecule has 1 aliphatic heterocycles. The lowest BCUT2D eigenvalue weighted by Gasteiger charge is -2.26. The minimum absolute atomic E-state index is 0.0469. The number of phenols is 1. The van der Waals surface area contributed by atoms with Crippen LogP contribution in [0.15, 0.2) is 24.3 Å². The summed E-state index contributed by atoms with van der Waals surface area (Å²) in [5.74, 6) is 0.0597. The Morgan fingerprint density at radius 2 is 2.10 bits per heavy atom. The molecule has 1 fully saturated rings. The average molecular weight is 316 g/mol. The van der Waals surface area contributed by atoms with Gasteiger partial charge in [0.2, 0.25) is 0 Å². The van der Waals surface area contributed by atoms with Gasteiger partial charge in [0.1, 0.15) is 12.5 Å². The van der Waals surface area contributed by atoms with E-state index in [1.165, 1.54) is 12.1 Å². The number of morpholine rings is 1. The van der Waals surface area contributed by atoms with Gasteiger partial charge < -0.3 is 15.2 Å². The molecule has 0 atom stereocenters. The third kappa shape index (κ3) is 5.88. The van der Waals surface area contributed by atoms with Gasteiger partial charge in [0, 0.05) is 31.4 Å². The van der Waals surface area contributed by atoms with Crippen molar-refractivity contribution in [3.05, 3.63) is 24.3 Å². The number of rotatable bonds is 7. The number of nitrogens with zero attached hydrogens (tertiary/aromatic N) is 1. The van der Waals surface area contributed by atoms with Crippen molar-refractivity contribution in [3.63, 3.8) is 0 Å². The van der Waals surface area contributed by atoms with E-state index in [1.54, 1.807) is 12.1 Å². The van der Waals surface area contributed by atoms with E-state index in [0.717, 1.165) is 13.1 Å². The van der Waals surface area contributed by atoms with E-state index in [1.807, 2.05) is 4.90 Å². The minimum Gasteiger partial charge on any atom is -0.508 e. The van der Waals surface area contributed by atoms with Crippen LogP contribution in [0, 0.1) is 0 Å². The fraction of sp³-hybridized carbons (Fsp3) is 0.538. The first-order valence-corrected chi connectivity index (χ1v) is 8.33. The summed E-state index contributed by atoms with van der Waals surface area (Å²) >= 11 is 0. The molecule has 0 unspecified atom stereocenters. The first-order valence-electron chi connectivity index (χ1n) is 6.75. The molecule has 0 amide bonds. The Hall–Kier alpha value is -1.35. The second kappa shape index (κ2) is 7.60. The lowest BCUT2D eigenvalue weighted by atomic mass is 10.3. The highest BCUT2D eigenvalue weighted by Gasteiger charge is 2.16. The van der Waals surface area contributed by atoms with Gasteiger partial charge in [0.05, 0.1) is 19.0 Å². The predicted octanol–water partition coefficient (Wildman–Crippen LogP) is 0.440. The summed E-state index contributed by atoms with van der Waals surface area (Å²) in [6.07, 6.45) is 0. The molecule has 7 nitrogen and oxygen atoms in total. The fourth-order valence-electron chi connectivity index (χ4n) is 1.94. The van der Waals surface area contributed by atoms with E-state index in [2.05, 4.69) is 5.32 Å². The zero-order valence-electron chi connectivity index (χ0n) is 11.7. The molecule has 0 aliphatic carbocycles. The average Bonchev–Trinajstić information content (AvgIpc) is 2.46. The van der Waals surface area contributed by atoms with Gasteiger partial charge in [0.15, 0.2) is 0 Å². The molecule has 0 spiro atoms. The Kier molecular flexibility index (Phi) is 5.80. The molecule has 1 aromatic carbocycles. The smallest absolute Gasteiger partial charge is 0.270 e. The van der Waals surface area contributed by atoms with Gasteiger partial charge in [0.25, 0.3) is 10.1 Å². The highest BCUT2D eigenvalue weighted by molar-refractivity contribution is 7.86. The summed E-state index contributed by atoms with van der Waals surface area (Å²) in [5.41, 5.74) is 0.596. The minimum atomic E-state index is -3.57. The summed E-state index contributed by atoms with van der Waals surface area (Å²) < 4.78 is 33.6. The quantitative estimate of drug-likeness (QED) is 0.557. The molecule has 21 heavy (non-hydrogen) atoms. The van der Waals surface area contributed by atoms with Crippen LogP contribution in [-0.4, -0.2) is 63.8 Å². The zero-order valence-corrected chi connectivity index (χ0v) is 12.5. The van der Waals surface area contributed by atoms with E-state index in [4.69, 9.17) is 8.92 Å². The highest BCUT2D eigenvalue weighted by Crippen LogP contribution is 2.15. The molecule has 0 radical (unpaired) electrons. The Balaban J connectivity index is 1.70. The summed E-state index contributed by atoms with van der Waals surface area (Å²) in [7, 11) is -3.57. The Bertz CT molecular complexity index is 543. The van der Waals surface area contributed by atoms with Crippen molar-refractivity contribution in [1.82, 2.24) is 4.90 Å². The molecule has 8 heteroatoms. The number of anilines is 1. The second-order valence-electron chi connectivity index (χ2n) is 4.71. The molecule has 1 saturated heterocycles. The van der Waals surface area contributed by atoms with Crippen LogP contribution in [0.1, 0.15) is 0 Å².